The van der Waals surface area contributed by atoms with Gasteiger partial charge in [0.05, 0.1) is 18.6 Å². The molecule has 9 nitrogen and oxygen atoms in total. The minimum absolute atomic E-state index is 0.876. The van der Waals surface area contributed by atoms with E-state index in [4.69, 9.17) is 0 Å². The Morgan fingerprint density at radius 2 is 0.509 bits per heavy atom. The van der Waals surface area contributed by atoms with Crippen molar-refractivity contribution in [3.63, 3.8) is 0 Å². The third kappa shape index (κ3) is 19.3. The number of hydrogen-bond acceptors (Lipinski definition) is 6. The molecule has 0 saturated heterocycles. The van der Waals surface area contributed by atoms with E-state index in [9.17, 15) is 0 Å². The van der Waals surface area contributed by atoms with Crippen LogP contribution in [-0.4, -0.2) is 45.0 Å². The number of hydrogen-bond donors (Lipinski definition) is 0. The van der Waals surface area contributed by atoms with E-state index in [1.54, 1.807) is 0 Å². The van der Waals surface area contributed by atoms with Crippen molar-refractivity contribution < 1.29 is 0 Å². The standard InChI is InChI=1S/C48H81N9/c1-4-7-10-13-16-19-22-25-28-31-34-55-40-46(49-52-55)43-37-44(47-41-56(53-50-47)35-32-29-26-23-20-17-14-11-8-5-2)39-45(38-43)48-42-57(54-51-48)36-33-30-27-24-21-18-15-12-9-6-3/h37-42H,4-36H2,1-3H3. The van der Waals surface area contributed by atoms with E-state index in [2.05, 4.69) is 88.5 Å². The first kappa shape index (κ1) is 46.3. The molecular weight excluding hydrogens is 703 g/mol. The summed E-state index contributed by atoms with van der Waals surface area (Å²) in [6.45, 7) is 9.56. The lowest BCUT2D eigenvalue weighted by atomic mass is 10.0. The molecule has 0 saturated carbocycles. The summed E-state index contributed by atoms with van der Waals surface area (Å²) < 4.78 is 6.04. The van der Waals surface area contributed by atoms with Crippen LogP contribution in [0.1, 0.15) is 213 Å². The Morgan fingerprint density at radius 1 is 0.298 bits per heavy atom. The van der Waals surface area contributed by atoms with E-state index < -0.39 is 0 Å². The second-order valence-electron chi connectivity index (χ2n) is 16.9. The van der Waals surface area contributed by atoms with Crippen molar-refractivity contribution in [3.05, 3.63) is 36.8 Å². The molecule has 57 heavy (non-hydrogen) atoms. The summed E-state index contributed by atoms with van der Waals surface area (Å²) in [5.74, 6) is 0. The van der Waals surface area contributed by atoms with Gasteiger partial charge in [0.25, 0.3) is 0 Å². The fourth-order valence-electron chi connectivity index (χ4n) is 7.97. The molecule has 0 aliphatic rings. The van der Waals surface area contributed by atoms with Crippen LogP contribution in [0.25, 0.3) is 33.8 Å². The van der Waals surface area contributed by atoms with Crippen LogP contribution in [0.15, 0.2) is 36.8 Å². The Hall–Kier alpha value is -3.36. The van der Waals surface area contributed by atoms with Crippen molar-refractivity contribution in [3.8, 4) is 33.8 Å². The number of rotatable bonds is 36. The minimum Gasteiger partial charge on any atom is -0.252 e. The third-order valence-electron chi connectivity index (χ3n) is 11.7. The maximum Gasteiger partial charge on any atom is 0.113 e. The highest BCUT2D eigenvalue weighted by molar-refractivity contribution is 5.77. The van der Waals surface area contributed by atoms with Crippen molar-refractivity contribution in [1.29, 1.82) is 0 Å². The predicted octanol–water partition coefficient (Wildman–Crippen LogP) is 14.2. The fraction of sp³-hybridized carbons (Fsp3) is 0.750. The highest BCUT2D eigenvalue weighted by Gasteiger charge is 2.14. The van der Waals surface area contributed by atoms with E-state index in [1.807, 2.05) is 14.0 Å². The first-order chi connectivity index (χ1) is 28.2. The summed E-state index contributed by atoms with van der Waals surface area (Å²) in [5.41, 5.74) is 5.68. The number of unbranched alkanes of at least 4 members (excludes halogenated alkanes) is 27. The predicted molar refractivity (Wildman–Crippen MR) is 239 cm³/mol. The zero-order valence-corrected chi connectivity index (χ0v) is 36.8. The third-order valence-corrected chi connectivity index (χ3v) is 11.7. The number of nitrogens with zero attached hydrogens (tertiary/aromatic N) is 9. The van der Waals surface area contributed by atoms with Gasteiger partial charge >= 0.3 is 0 Å². The first-order valence-corrected chi connectivity index (χ1v) is 24.1. The van der Waals surface area contributed by atoms with Gasteiger partial charge in [-0.2, -0.15) is 0 Å². The average Bonchev–Trinajstić information content (AvgIpc) is 4.02. The molecular formula is C48H81N9. The van der Waals surface area contributed by atoms with Gasteiger partial charge in [0, 0.05) is 36.3 Å². The zero-order valence-electron chi connectivity index (χ0n) is 36.8. The van der Waals surface area contributed by atoms with Gasteiger partial charge in [-0.05, 0) is 37.5 Å². The van der Waals surface area contributed by atoms with Crippen LogP contribution in [0.5, 0.6) is 0 Å². The maximum absolute atomic E-state index is 4.64. The molecule has 0 atom stereocenters. The maximum atomic E-state index is 4.64. The molecule has 3 heterocycles. The van der Waals surface area contributed by atoms with Gasteiger partial charge < -0.3 is 0 Å². The van der Waals surface area contributed by atoms with E-state index in [1.165, 1.54) is 173 Å². The van der Waals surface area contributed by atoms with Crippen molar-refractivity contribution >= 4 is 0 Å². The van der Waals surface area contributed by atoms with Gasteiger partial charge in [-0.1, -0.05) is 210 Å². The summed E-state index contributed by atoms with van der Waals surface area (Å²) in [6.07, 6.45) is 46.1. The molecule has 0 aliphatic heterocycles. The second kappa shape index (κ2) is 29.8. The largest absolute Gasteiger partial charge is 0.252 e. The molecule has 3 aromatic heterocycles. The van der Waals surface area contributed by atoms with Crippen molar-refractivity contribution in [1.82, 2.24) is 45.0 Å². The number of benzene rings is 1. The Bertz CT molecular complexity index is 1360. The zero-order chi connectivity index (χ0) is 40.0. The Labute approximate surface area is 347 Å². The Morgan fingerprint density at radius 3 is 0.737 bits per heavy atom. The van der Waals surface area contributed by atoms with E-state index in [0.29, 0.717) is 0 Å². The average molecular weight is 784 g/mol. The van der Waals surface area contributed by atoms with E-state index >= 15 is 0 Å². The molecule has 318 valence electrons. The molecule has 0 bridgehead atoms. The van der Waals surface area contributed by atoms with Gasteiger partial charge in [-0.3, -0.25) is 14.0 Å². The van der Waals surface area contributed by atoms with Crippen LogP contribution in [0.3, 0.4) is 0 Å². The topological polar surface area (TPSA) is 92.1 Å². The molecule has 0 unspecified atom stereocenters. The molecule has 0 N–H and O–H groups in total. The van der Waals surface area contributed by atoms with Gasteiger partial charge in [-0.25, -0.2) is 0 Å². The highest BCUT2D eigenvalue weighted by Crippen LogP contribution is 2.31. The van der Waals surface area contributed by atoms with Crippen LogP contribution < -0.4 is 0 Å². The molecule has 0 fully saturated rings. The summed E-state index contributed by atoms with van der Waals surface area (Å²) in [6, 6.07) is 6.55. The number of aromatic nitrogens is 9. The van der Waals surface area contributed by atoms with E-state index in [-0.39, 0.29) is 0 Å². The van der Waals surface area contributed by atoms with Crippen LogP contribution >= 0.6 is 0 Å². The fourth-order valence-corrected chi connectivity index (χ4v) is 7.97. The number of aryl methyl sites for hydroxylation is 3. The summed E-state index contributed by atoms with van der Waals surface area (Å²) in [4.78, 5) is 0. The first-order valence-electron chi connectivity index (χ1n) is 24.1. The lowest BCUT2D eigenvalue weighted by Crippen LogP contribution is -1.98. The molecule has 0 radical (unpaired) electrons. The summed E-state index contributed by atoms with van der Waals surface area (Å²) in [7, 11) is 0. The van der Waals surface area contributed by atoms with Crippen LogP contribution in [0.4, 0.5) is 0 Å². The SMILES string of the molecule is CCCCCCCCCCCCn1cc(-c2cc(-c3cn(CCCCCCCCCCCC)nn3)cc(-c3cn(CCCCCCCCCCCC)nn3)c2)nn1. The van der Waals surface area contributed by atoms with Gasteiger partial charge in [0.2, 0.25) is 0 Å². The van der Waals surface area contributed by atoms with Crippen LogP contribution in [0, 0.1) is 0 Å². The normalized spacial score (nSPS) is 11.6. The van der Waals surface area contributed by atoms with Crippen LogP contribution in [0.2, 0.25) is 0 Å². The molecule has 0 spiro atoms. The Balaban J connectivity index is 1.32. The van der Waals surface area contributed by atoms with Crippen molar-refractivity contribution in [2.75, 3.05) is 0 Å². The summed E-state index contributed by atoms with van der Waals surface area (Å²) in [5, 5.41) is 27.5. The molecule has 4 rings (SSSR count). The van der Waals surface area contributed by atoms with Gasteiger partial charge in [-0.15, -0.1) is 15.3 Å². The van der Waals surface area contributed by atoms with Crippen molar-refractivity contribution in [2.45, 2.75) is 233 Å². The lowest BCUT2D eigenvalue weighted by Gasteiger charge is -2.06. The van der Waals surface area contributed by atoms with Gasteiger partial charge in [0.15, 0.2) is 0 Å². The molecule has 4 aromatic rings. The lowest BCUT2D eigenvalue weighted by molar-refractivity contribution is 0.507. The second-order valence-corrected chi connectivity index (χ2v) is 16.9. The van der Waals surface area contributed by atoms with E-state index in [0.717, 1.165) is 72.7 Å². The van der Waals surface area contributed by atoms with Crippen molar-refractivity contribution in [2.24, 2.45) is 0 Å². The monoisotopic (exact) mass is 784 g/mol. The molecule has 9 heteroatoms. The smallest absolute Gasteiger partial charge is 0.113 e. The molecule has 1 aromatic carbocycles. The summed E-state index contributed by atoms with van der Waals surface area (Å²) >= 11 is 0. The highest BCUT2D eigenvalue weighted by atomic mass is 15.4. The Kier molecular flexibility index (Phi) is 24.2. The van der Waals surface area contributed by atoms with Gasteiger partial charge in [0.1, 0.15) is 17.1 Å². The minimum atomic E-state index is 0.876. The van der Waals surface area contributed by atoms with Crippen LogP contribution in [-0.2, 0) is 19.6 Å². The quantitative estimate of drug-likeness (QED) is 0.0427. The molecule has 0 amide bonds. The molecule has 0 aliphatic carbocycles.